The van der Waals surface area contributed by atoms with Crippen molar-refractivity contribution in [3.05, 3.63) is 70.3 Å². The molecule has 1 N–H and O–H groups in total. The van der Waals surface area contributed by atoms with Crippen LogP contribution in [-0.2, 0) is 0 Å². The first-order valence-corrected chi connectivity index (χ1v) is 7.28. The average molecular weight is 289 g/mol. The molecule has 0 heterocycles. The highest BCUT2D eigenvalue weighted by molar-refractivity contribution is 5.38. The third-order valence-electron chi connectivity index (χ3n) is 3.62. The van der Waals surface area contributed by atoms with E-state index >= 15 is 0 Å². The molecule has 0 amide bonds. The van der Waals surface area contributed by atoms with Crippen molar-refractivity contribution in [1.29, 1.82) is 0 Å². The van der Waals surface area contributed by atoms with Gasteiger partial charge in [-0.1, -0.05) is 25.1 Å². The van der Waals surface area contributed by atoms with Gasteiger partial charge in [-0.3, -0.25) is 0 Å². The predicted molar refractivity (Wildman–Crippen MR) is 82.4 cm³/mol. The lowest BCUT2D eigenvalue weighted by atomic mass is 9.93. The first-order chi connectivity index (χ1) is 10.0. The van der Waals surface area contributed by atoms with Gasteiger partial charge in [0.15, 0.2) is 0 Å². The molecule has 0 aromatic heterocycles. The number of benzene rings is 2. The molecule has 1 unspecified atom stereocenters. The molecule has 0 radical (unpaired) electrons. The molecule has 0 spiro atoms. The highest BCUT2D eigenvalue weighted by Gasteiger charge is 2.19. The van der Waals surface area contributed by atoms with E-state index in [9.17, 15) is 8.78 Å². The van der Waals surface area contributed by atoms with Crippen molar-refractivity contribution >= 4 is 0 Å². The van der Waals surface area contributed by atoms with Crippen LogP contribution in [0.4, 0.5) is 8.78 Å². The van der Waals surface area contributed by atoms with Crippen molar-refractivity contribution in [3.8, 4) is 0 Å². The number of halogens is 2. The molecule has 2 rings (SSSR count). The Morgan fingerprint density at radius 3 is 2.43 bits per heavy atom. The fourth-order valence-corrected chi connectivity index (χ4v) is 2.46. The number of hydrogen-bond acceptors (Lipinski definition) is 1. The summed E-state index contributed by atoms with van der Waals surface area (Å²) in [5.41, 5.74) is 3.17. The van der Waals surface area contributed by atoms with Gasteiger partial charge >= 0.3 is 0 Å². The van der Waals surface area contributed by atoms with E-state index in [0.29, 0.717) is 5.56 Å². The molecule has 0 saturated carbocycles. The van der Waals surface area contributed by atoms with Gasteiger partial charge in [0.2, 0.25) is 0 Å². The van der Waals surface area contributed by atoms with Crippen LogP contribution in [0.15, 0.2) is 36.4 Å². The van der Waals surface area contributed by atoms with Gasteiger partial charge < -0.3 is 5.32 Å². The molecule has 0 aliphatic carbocycles. The minimum Gasteiger partial charge on any atom is -0.306 e. The maximum absolute atomic E-state index is 14.3. The molecule has 1 atom stereocenters. The van der Waals surface area contributed by atoms with Crippen LogP contribution in [0.2, 0.25) is 0 Å². The highest BCUT2D eigenvalue weighted by atomic mass is 19.1. The summed E-state index contributed by atoms with van der Waals surface area (Å²) in [6.07, 6.45) is 0.929. The summed E-state index contributed by atoms with van der Waals surface area (Å²) in [7, 11) is 0. The van der Waals surface area contributed by atoms with E-state index in [2.05, 4.69) is 5.32 Å². The molecule has 3 heteroatoms. The SMILES string of the molecule is CCCNC(c1cc(F)ccc1C)c1ccc(C)cc1F. The van der Waals surface area contributed by atoms with Crippen molar-refractivity contribution in [2.45, 2.75) is 33.2 Å². The van der Waals surface area contributed by atoms with E-state index in [0.717, 1.165) is 29.7 Å². The summed E-state index contributed by atoms with van der Waals surface area (Å²) in [4.78, 5) is 0. The predicted octanol–water partition coefficient (Wildman–Crippen LogP) is 4.67. The van der Waals surface area contributed by atoms with Crippen molar-refractivity contribution in [3.63, 3.8) is 0 Å². The standard InChI is InChI=1S/C18H21F2N/c1-4-9-21-18(15-8-5-12(2)10-17(15)20)16-11-14(19)7-6-13(16)3/h5-8,10-11,18,21H,4,9H2,1-3H3. The zero-order valence-electron chi connectivity index (χ0n) is 12.7. The van der Waals surface area contributed by atoms with Crippen LogP contribution in [0, 0.1) is 25.5 Å². The second kappa shape index (κ2) is 6.81. The van der Waals surface area contributed by atoms with E-state index in [-0.39, 0.29) is 17.7 Å². The Balaban J connectivity index is 2.49. The van der Waals surface area contributed by atoms with E-state index in [1.165, 1.54) is 18.2 Å². The van der Waals surface area contributed by atoms with E-state index in [1.807, 2.05) is 26.8 Å². The number of hydrogen-bond donors (Lipinski definition) is 1. The molecule has 0 aliphatic rings. The first-order valence-electron chi connectivity index (χ1n) is 7.28. The van der Waals surface area contributed by atoms with Crippen molar-refractivity contribution < 1.29 is 8.78 Å². The fraction of sp³-hybridized carbons (Fsp3) is 0.333. The van der Waals surface area contributed by atoms with E-state index in [4.69, 9.17) is 0 Å². The molecule has 0 aliphatic heterocycles. The van der Waals surface area contributed by atoms with Gasteiger partial charge in [-0.05, 0) is 61.7 Å². The first kappa shape index (κ1) is 15.6. The molecule has 1 nitrogen and oxygen atoms in total. The molecule has 21 heavy (non-hydrogen) atoms. The summed E-state index contributed by atoms with van der Waals surface area (Å²) >= 11 is 0. The Morgan fingerprint density at radius 2 is 1.76 bits per heavy atom. The Labute approximate surface area is 125 Å². The quantitative estimate of drug-likeness (QED) is 0.843. The zero-order chi connectivity index (χ0) is 15.4. The van der Waals surface area contributed by atoms with Gasteiger partial charge in [0.1, 0.15) is 11.6 Å². The average Bonchev–Trinajstić information content (AvgIpc) is 2.44. The molecule has 2 aromatic carbocycles. The van der Waals surface area contributed by atoms with Crippen molar-refractivity contribution in [1.82, 2.24) is 5.32 Å². The molecule has 112 valence electrons. The Hall–Kier alpha value is -1.74. The molecule has 0 saturated heterocycles. The fourth-order valence-electron chi connectivity index (χ4n) is 2.46. The van der Waals surface area contributed by atoms with Crippen LogP contribution in [0.5, 0.6) is 0 Å². The molecular weight excluding hydrogens is 268 g/mol. The van der Waals surface area contributed by atoms with E-state index in [1.54, 1.807) is 12.1 Å². The topological polar surface area (TPSA) is 12.0 Å². The van der Waals surface area contributed by atoms with Crippen LogP contribution in [0.25, 0.3) is 0 Å². The van der Waals surface area contributed by atoms with Crippen molar-refractivity contribution in [2.24, 2.45) is 0 Å². The Kier molecular flexibility index (Phi) is 5.07. The summed E-state index contributed by atoms with van der Waals surface area (Å²) in [6, 6.07) is 9.50. The van der Waals surface area contributed by atoms with Gasteiger partial charge in [-0.2, -0.15) is 0 Å². The molecular formula is C18H21F2N. The monoisotopic (exact) mass is 289 g/mol. The summed E-state index contributed by atoms with van der Waals surface area (Å²) in [6.45, 7) is 6.57. The second-order valence-electron chi connectivity index (χ2n) is 5.41. The maximum Gasteiger partial charge on any atom is 0.128 e. The number of nitrogens with one attached hydrogen (secondary N) is 1. The van der Waals surface area contributed by atoms with Crippen LogP contribution >= 0.6 is 0 Å². The van der Waals surface area contributed by atoms with Crippen LogP contribution in [-0.4, -0.2) is 6.54 Å². The highest BCUT2D eigenvalue weighted by Crippen LogP contribution is 2.28. The minimum atomic E-state index is -0.332. The maximum atomic E-state index is 14.3. The summed E-state index contributed by atoms with van der Waals surface area (Å²) in [5, 5.41) is 3.32. The summed E-state index contributed by atoms with van der Waals surface area (Å²) < 4.78 is 27.9. The number of aryl methyl sites for hydroxylation is 2. The van der Waals surface area contributed by atoms with Crippen molar-refractivity contribution in [2.75, 3.05) is 6.54 Å². The third-order valence-corrected chi connectivity index (χ3v) is 3.62. The van der Waals surface area contributed by atoms with Gasteiger partial charge in [0.25, 0.3) is 0 Å². The smallest absolute Gasteiger partial charge is 0.128 e. The van der Waals surface area contributed by atoms with E-state index < -0.39 is 0 Å². The minimum absolute atomic E-state index is 0.257. The van der Waals surface area contributed by atoms with Gasteiger partial charge in [-0.25, -0.2) is 8.78 Å². The molecule has 0 fully saturated rings. The van der Waals surface area contributed by atoms with Gasteiger partial charge in [0.05, 0.1) is 6.04 Å². The van der Waals surface area contributed by atoms with Gasteiger partial charge in [0, 0.05) is 5.56 Å². The molecule has 0 bridgehead atoms. The Morgan fingerprint density at radius 1 is 1.00 bits per heavy atom. The Bertz CT molecular complexity index is 623. The van der Waals surface area contributed by atoms with Crippen LogP contribution in [0.1, 0.15) is 41.6 Å². The largest absolute Gasteiger partial charge is 0.306 e. The zero-order valence-corrected chi connectivity index (χ0v) is 12.7. The van der Waals surface area contributed by atoms with Gasteiger partial charge in [-0.15, -0.1) is 0 Å². The third kappa shape index (κ3) is 3.67. The normalized spacial score (nSPS) is 12.4. The summed E-state index contributed by atoms with van der Waals surface area (Å²) in [5.74, 6) is -0.557. The second-order valence-corrected chi connectivity index (χ2v) is 5.41. The van der Waals surface area contributed by atoms with Crippen LogP contribution < -0.4 is 5.32 Å². The number of rotatable bonds is 5. The molecule has 2 aromatic rings. The van der Waals surface area contributed by atoms with Crippen LogP contribution in [0.3, 0.4) is 0 Å². The lowest BCUT2D eigenvalue weighted by Gasteiger charge is -2.22. The lowest BCUT2D eigenvalue weighted by molar-refractivity contribution is 0.540. The lowest BCUT2D eigenvalue weighted by Crippen LogP contribution is -2.25.